The molecule has 0 unspecified atom stereocenters. The molecule has 0 aromatic carbocycles. The van der Waals surface area contributed by atoms with Crippen LogP contribution in [0.4, 0.5) is 4.79 Å². The van der Waals surface area contributed by atoms with Gasteiger partial charge in [-0.1, -0.05) is 0 Å². The molecule has 8 heteroatoms. The Morgan fingerprint density at radius 1 is 1.26 bits per heavy atom. The molecule has 0 aliphatic carbocycles. The van der Waals surface area contributed by atoms with Gasteiger partial charge in [0, 0.05) is 26.2 Å². The van der Waals surface area contributed by atoms with E-state index in [9.17, 15) is 14.4 Å². The number of hydrogen-bond acceptors (Lipinski definition) is 5. The number of hydrogen-bond donors (Lipinski definition) is 2. The number of carboxylic acids is 1. The van der Waals surface area contributed by atoms with Crippen LogP contribution in [-0.4, -0.2) is 79.3 Å². The fraction of sp³-hybridized carbons (Fsp3) is 0.727. The molecule has 1 heterocycles. The highest BCUT2D eigenvalue weighted by Gasteiger charge is 2.27. The zero-order valence-corrected chi connectivity index (χ0v) is 11.1. The second-order valence-electron chi connectivity index (χ2n) is 4.41. The number of aliphatic carboxylic acids is 1. The minimum absolute atomic E-state index is 0.384. The lowest BCUT2D eigenvalue weighted by Crippen LogP contribution is -2.54. The quantitative estimate of drug-likeness (QED) is 0.635. The Bertz CT molecular complexity index is 352. The molecule has 19 heavy (non-hydrogen) atoms. The summed E-state index contributed by atoms with van der Waals surface area (Å²) in [5, 5.41) is 11.3. The maximum atomic E-state index is 11.9. The van der Waals surface area contributed by atoms with Gasteiger partial charge in [0.05, 0.1) is 13.5 Å². The third kappa shape index (κ3) is 4.74. The molecule has 0 bridgehead atoms. The predicted octanol–water partition coefficient (Wildman–Crippen LogP) is -1.04. The van der Waals surface area contributed by atoms with E-state index < -0.39 is 24.0 Å². The molecule has 1 saturated heterocycles. The molecule has 2 N–H and O–H groups in total. The second kappa shape index (κ2) is 6.93. The maximum absolute atomic E-state index is 11.9. The van der Waals surface area contributed by atoms with Crippen molar-refractivity contribution in [3.05, 3.63) is 0 Å². The molecule has 1 rings (SSSR count). The Balaban J connectivity index is 2.51. The highest BCUT2D eigenvalue weighted by molar-refractivity contribution is 5.86. The number of urea groups is 1. The maximum Gasteiger partial charge on any atom is 0.326 e. The van der Waals surface area contributed by atoms with E-state index in [1.807, 2.05) is 7.05 Å². The summed E-state index contributed by atoms with van der Waals surface area (Å²) in [5.41, 5.74) is 0. The average Bonchev–Trinajstić information content (AvgIpc) is 2.38. The molecule has 1 aliphatic rings. The lowest BCUT2D eigenvalue weighted by atomic mass is 10.2. The van der Waals surface area contributed by atoms with E-state index in [2.05, 4.69) is 15.0 Å². The monoisotopic (exact) mass is 273 g/mol. The Labute approximate surface area is 111 Å². The highest BCUT2D eigenvalue weighted by Crippen LogP contribution is 2.02. The van der Waals surface area contributed by atoms with Crippen molar-refractivity contribution in [3.8, 4) is 0 Å². The van der Waals surface area contributed by atoms with Gasteiger partial charge in [0.15, 0.2) is 0 Å². The van der Waals surface area contributed by atoms with Crippen molar-refractivity contribution in [2.24, 2.45) is 0 Å². The van der Waals surface area contributed by atoms with E-state index in [1.54, 1.807) is 0 Å². The van der Waals surface area contributed by atoms with Crippen LogP contribution in [-0.2, 0) is 14.3 Å². The summed E-state index contributed by atoms with van der Waals surface area (Å²) in [6.07, 6.45) is -0.384. The van der Waals surface area contributed by atoms with Crippen LogP contribution in [0.3, 0.4) is 0 Å². The Hall–Kier alpha value is -1.83. The normalized spacial score (nSPS) is 17.7. The molecular formula is C11H19N3O5. The third-order valence-corrected chi connectivity index (χ3v) is 2.98. The summed E-state index contributed by atoms with van der Waals surface area (Å²) < 4.78 is 4.40. The van der Waals surface area contributed by atoms with Crippen molar-refractivity contribution in [3.63, 3.8) is 0 Å². The number of rotatable bonds is 4. The van der Waals surface area contributed by atoms with Gasteiger partial charge in [-0.15, -0.1) is 0 Å². The Morgan fingerprint density at radius 3 is 2.32 bits per heavy atom. The van der Waals surface area contributed by atoms with Crippen molar-refractivity contribution in [1.82, 2.24) is 15.1 Å². The minimum atomic E-state index is -1.26. The number of piperazine rings is 1. The van der Waals surface area contributed by atoms with Gasteiger partial charge in [-0.25, -0.2) is 9.59 Å². The molecule has 0 aromatic heterocycles. The lowest BCUT2D eigenvalue weighted by Gasteiger charge is -2.33. The summed E-state index contributed by atoms with van der Waals surface area (Å²) >= 11 is 0. The number of methoxy groups -OCH3 is 1. The SMILES string of the molecule is COC(=O)C[C@H](NC(=O)N1CCN(C)CC1)C(=O)O. The van der Waals surface area contributed by atoms with Crippen LogP contribution in [0.1, 0.15) is 6.42 Å². The van der Waals surface area contributed by atoms with Crippen LogP contribution in [0, 0.1) is 0 Å². The van der Waals surface area contributed by atoms with Gasteiger partial charge in [0.25, 0.3) is 0 Å². The molecule has 108 valence electrons. The van der Waals surface area contributed by atoms with E-state index >= 15 is 0 Å². The molecular weight excluding hydrogens is 254 g/mol. The molecule has 0 aromatic rings. The fourth-order valence-corrected chi connectivity index (χ4v) is 1.70. The molecule has 0 saturated carbocycles. The third-order valence-electron chi connectivity index (χ3n) is 2.98. The van der Waals surface area contributed by atoms with Gasteiger partial charge in [-0.3, -0.25) is 4.79 Å². The number of likely N-dealkylation sites (N-methyl/N-ethyl adjacent to an activating group) is 1. The van der Waals surface area contributed by atoms with Crippen molar-refractivity contribution in [2.45, 2.75) is 12.5 Å². The molecule has 1 aliphatic heterocycles. The number of carbonyl (C=O) groups excluding carboxylic acids is 2. The van der Waals surface area contributed by atoms with Gasteiger partial charge in [-0.05, 0) is 7.05 Å². The zero-order valence-electron chi connectivity index (χ0n) is 11.1. The van der Waals surface area contributed by atoms with E-state index in [0.29, 0.717) is 13.1 Å². The molecule has 2 amide bonds. The molecule has 0 spiro atoms. The summed E-state index contributed by atoms with van der Waals surface area (Å²) in [5.74, 6) is -1.93. The number of nitrogens with zero attached hydrogens (tertiary/aromatic N) is 2. The average molecular weight is 273 g/mol. The van der Waals surface area contributed by atoms with Gasteiger partial charge in [-0.2, -0.15) is 0 Å². The van der Waals surface area contributed by atoms with E-state index in [-0.39, 0.29) is 6.42 Å². The predicted molar refractivity (Wildman–Crippen MR) is 65.7 cm³/mol. The number of carboxylic acid groups (broad SMARTS) is 1. The zero-order chi connectivity index (χ0) is 14.4. The molecule has 0 radical (unpaired) electrons. The molecule has 1 fully saturated rings. The molecule has 8 nitrogen and oxygen atoms in total. The topological polar surface area (TPSA) is 99.2 Å². The first-order chi connectivity index (χ1) is 8.93. The van der Waals surface area contributed by atoms with Crippen molar-refractivity contribution in [1.29, 1.82) is 0 Å². The van der Waals surface area contributed by atoms with E-state index in [4.69, 9.17) is 5.11 Å². The van der Waals surface area contributed by atoms with Crippen molar-refractivity contribution < 1.29 is 24.2 Å². The lowest BCUT2D eigenvalue weighted by molar-refractivity contribution is -0.147. The van der Waals surface area contributed by atoms with Gasteiger partial charge >= 0.3 is 18.0 Å². The Morgan fingerprint density at radius 2 is 1.84 bits per heavy atom. The molecule has 1 atom stereocenters. The summed E-state index contributed by atoms with van der Waals surface area (Å²) in [6, 6.07) is -1.73. The highest BCUT2D eigenvalue weighted by atomic mass is 16.5. The van der Waals surface area contributed by atoms with Crippen LogP contribution in [0.25, 0.3) is 0 Å². The summed E-state index contributed by atoms with van der Waals surface area (Å²) in [4.78, 5) is 37.5. The first-order valence-corrected chi connectivity index (χ1v) is 5.97. The van der Waals surface area contributed by atoms with Crippen LogP contribution >= 0.6 is 0 Å². The second-order valence-corrected chi connectivity index (χ2v) is 4.41. The van der Waals surface area contributed by atoms with Crippen LogP contribution in [0.2, 0.25) is 0 Å². The largest absolute Gasteiger partial charge is 0.480 e. The Kier molecular flexibility index (Phi) is 5.56. The first-order valence-electron chi connectivity index (χ1n) is 5.97. The number of carbonyl (C=O) groups is 3. The number of esters is 1. The van der Waals surface area contributed by atoms with Gasteiger partial charge in [0.1, 0.15) is 6.04 Å². The van der Waals surface area contributed by atoms with Gasteiger partial charge in [0.2, 0.25) is 0 Å². The van der Waals surface area contributed by atoms with Crippen molar-refractivity contribution >= 4 is 18.0 Å². The fourth-order valence-electron chi connectivity index (χ4n) is 1.70. The van der Waals surface area contributed by atoms with E-state index in [0.717, 1.165) is 13.1 Å². The number of nitrogens with one attached hydrogen (secondary N) is 1. The van der Waals surface area contributed by atoms with Crippen LogP contribution in [0.5, 0.6) is 0 Å². The smallest absolute Gasteiger partial charge is 0.326 e. The number of amides is 2. The van der Waals surface area contributed by atoms with Crippen molar-refractivity contribution in [2.75, 3.05) is 40.3 Å². The minimum Gasteiger partial charge on any atom is -0.480 e. The standard InChI is InChI=1S/C11H19N3O5/c1-13-3-5-14(6-4-13)11(18)12-8(10(16)17)7-9(15)19-2/h8H,3-7H2,1-2H3,(H,12,18)(H,16,17)/t8-/m0/s1. The van der Waals surface area contributed by atoms with Gasteiger partial charge < -0.3 is 25.0 Å². The number of ether oxygens (including phenoxy) is 1. The van der Waals surface area contributed by atoms with E-state index in [1.165, 1.54) is 12.0 Å². The summed E-state index contributed by atoms with van der Waals surface area (Å²) in [7, 11) is 3.12. The first kappa shape index (κ1) is 15.2. The summed E-state index contributed by atoms with van der Waals surface area (Å²) in [6.45, 7) is 2.55. The van der Waals surface area contributed by atoms with Crippen LogP contribution < -0.4 is 5.32 Å². The van der Waals surface area contributed by atoms with Crippen LogP contribution in [0.15, 0.2) is 0 Å².